The molecule has 0 unspecified atom stereocenters. The molecule has 4 aromatic rings. The highest BCUT2D eigenvalue weighted by Crippen LogP contribution is 2.30. The highest BCUT2D eigenvalue weighted by atomic mass is 35.5. The van der Waals surface area contributed by atoms with E-state index in [0.717, 1.165) is 6.07 Å². The zero-order valence-corrected chi connectivity index (χ0v) is 24.2. The highest BCUT2D eigenvalue weighted by molar-refractivity contribution is 7.92. The summed E-state index contributed by atoms with van der Waals surface area (Å²) in [6.45, 7) is 0.929. The van der Waals surface area contributed by atoms with E-state index in [2.05, 4.69) is 20.1 Å². The molecule has 1 aromatic heterocycles. The van der Waals surface area contributed by atoms with Crippen LogP contribution in [0.2, 0.25) is 10.0 Å². The van der Waals surface area contributed by atoms with Crippen molar-refractivity contribution in [2.75, 3.05) is 36.3 Å². The number of para-hydroxylation sites is 1. The summed E-state index contributed by atoms with van der Waals surface area (Å²) in [5.41, 5.74) is 0.512. The summed E-state index contributed by atoms with van der Waals surface area (Å²) in [7, 11) is -8.14. The van der Waals surface area contributed by atoms with Crippen molar-refractivity contribution in [1.82, 2.24) is 19.1 Å². The minimum atomic E-state index is -4.24. The zero-order chi connectivity index (χ0) is 29.2. The number of aromatic nitrogens is 3. The number of nitrogens with one attached hydrogen (secondary N) is 2. The first kappa shape index (κ1) is 29.0. The van der Waals surface area contributed by atoms with Gasteiger partial charge in [-0.2, -0.15) is 9.40 Å². The average Bonchev–Trinajstić information content (AvgIpc) is 3.50. The number of morpholine rings is 1. The summed E-state index contributed by atoms with van der Waals surface area (Å²) >= 11 is 12.3. The summed E-state index contributed by atoms with van der Waals surface area (Å²) < 4.78 is 63.1. The van der Waals surface area contributed by atoms with E-state index in [1.54, 1.807) is 12.1 Å². The summed E-state index contributed by atoms with van der Waals surface area (Å²) in [6, 6.07) is 14.2. The van der Waals surface area contributed by atoms with Gasteiger partial charge in [0.05, 0.1) is 45.2 Å². The van der Waals surface area contributed by atoms with Crippen LogP contribution in [0.15, 0.2) is 83.1 Å². The quantitative estimate of drug-likeness (QED) is 0.297. The molecule has 12 nitrogen and oxygen atoms in total. The lowest BCUT2D eigenvalue weighted by Crippen LogP contribution is -2.40. The zero-order valence-electron chi connectivity index (χ0n) is 21.1. The number of rotatable bonds is 8. The molecule has 1 aliphatic rings. The topological polar surface area (TPSA) is 153 Å². The molecular weight excluding hydrogens is 615 g/mol. The van der Waals surface area contributed by atoms with Crippen LogP contribution in [0.25, 0.3) is 5.69 Å². The molecule has 5 rings (SSSR count). The van der Waals surface area contributed by atoms with E-state index in [-0.39, 0.29) is 63.1 Å². The molecule has 16 heteroatoms. The van der Waals surface area contributed by atoms with Crippen LogP contribution in [0.5, 0.6) is 0 Å². The van der Waals surface area contributed by atoms with Gasteiger partial charge in [0.25, 0.3) is 15.9 Å². The van der Waals surface area contributed by atoms with Crippen LogP contribution in [-0.2, 0) is 24.8 Å². The van der Waals surface area contributed by atoms with E-state index in [1.807, 2.05) is 0 Å². The second kappa shape index (κ2) is 11.8. The predicted octanol–water partition coefficient (Wildman–Crippen LogP) is 3.65. The van der Waals surface area contributed by atoms with Crippen LogP contribution in [0, 0.1) is 0 Å². The summed E-state index contributed by atoms with van der Waals surface area (Å²) in [5, 5.41) is 6.80. The van der Waals surface area contributed by atoms with E-state index in [1.165, 1.54) is 64.1 Å². The first-order chi connectivity index (χ1) is 19.6. The Morgan fingerprint density at radius 2 is 1.66 bits per heavy atom. The Morgan fingerprint density at radius 1 is 0.902 bits per heavy atom. The SMILES string of the molecule is O=C(Nc1cc(S(=O)(=O)N2CCOCC2)ccc1-n1cncn1)c1ccc(Cl)c(S(=O)(=O)Nc2ccccc2Cl)c1. The Labute approximate surface area is 246 Å². The van der Waals surface area contributed by atoms with Gasteiger partial charge >= 0.3 is 0 Å². The van der Waals surface area contributed by atoms with Crippen LogP contribution in [0.4, 0.5) is 11.4 Å². The molecule has 1 saturated heterocycles. The lowest BCUT2D eigenvalue weighted by atomic mass is 10.2. The van der Waals surface area contributed by atoms with E-state index in [9.17, 15) is 21.6 Å². The molecule has 3 aromatic carbocycles. The van der Waals surface area contributed by atoms with Gasteiger partial charge in [0, 0.05) is 18.7 Å². The van der Waals surface area contributed by atoms with E-state index in [4.69, 9.17) is 27.9 Å². The third-order valence-electron chi connectivity index (χ3n) is 6.09. The number of carbonyl (C=O) groups is 1. The Morgan fingerprint density at radius 3 is 2.37 bits per heavy atom. The van der Waals surface area contributed by atoms with Crippen molar-refractivity contribution in [3.63, 3.8) is 0 Å². The van der Waals surface area contributed by atoms with E-state index >= 15 is 0 Å². The number of ether oxygens (including phenoxy) is 1. The van der Waals surface area contributed by atoms with Crippen LogP contribution in [0.1, 0.15) is 10.4 Å². The van der Waals surface area contributed by atoms with Gasteiger partial charge in [-0.05, 0) is 48.5 Å². The first-order valence-corrected chi connectivity index (χ1v) is 15.7. The monoisotopic (exact) mass is 636 g/mol. The van der Waals surface area contributed by atoms with Gasteiger partial charge in [-0.3, -0.25) is 9.52 Å². The minimum absolute atomic E-state index is 0.0538. The predicted molar refractivity (Wildman–Crippen MR) is 153 cm³/mol. The van der Waals surface area contributed by atoms with Crippen molar-refractivity contribution in [1.29, 1.82) is 0 Å². The molecule has 214 valence electrons. The number of amides is 1. The largest absolute Gasteiger partial charge is 0.379 e. The maximum atomic E-state index is 13.4. The number of halogens is 2. The van der Waals surface area contributed by atoms with Gasteiger partial charge in [-0.25, -0.2) is 26.5 Å². The third kappa shape index (κ3) is 6.22. The lowest BCUT2D eigenvalue weighted by molar-refractivity contribution is 0.0730. The molecule has 1 fully saturated rings. The Bertz CT molecular complexity index is 1810. The van der Waals surface area contributed by atoms with Crippen LogP contribution >= 0.6 is 23.2 Å². The Balaban J connectivity index is 1.48. The van der Waals surface area contributed by atoms with Gasteiger partial charge in [-0.15, -0.1) is 0 Å². The number of hydrogen-bond donors (Lipinski definition) is 2. The van der Waals surface area contributed by atoms with Crippen molar-refractivity contribution in [2.24, 2.45) is 0 Å². The van der Waals surface area contributed by atoms with Crippen LogP contribution in [-0.4, -0.2) is 68.1 Å². The number of sulfonamides is 2. The first-order valence-electron chi connectivity index (χ1n) is 12.0. The molecule has 0 bridgehead atoms. The number of nitrogens with zero attached hydrogens (tertiary/aromatic N) is 4. The van der Waals surface area contributed by atoms with Crippen molar-refractivity contribution in [3.8, 4) is 5.69 Å². The maximum Gasteiger partial charge on any atom is 0.263 e. The van der Waals surface area contributed by atoms with Crippen molar-refractivity contribution in [3.05, 3.63) is 88.9 Å². The summed E-state index contributed by atoms with van der Waals surface area (Å²) in [5.74, 6) is -0.724. The molecule has 0 saturated carbocycles. The van der Waals surface area contributed by atoms with Gasteiger partial charge in [0.1, 0.15) is 17.6 Å². The number of carbonyl (C=O) groups excluding carboxylic acids is 1. The molecule has 2 heterocycles. The minimum Gasteiger partial charge on any atom is -0.379 e. The molecule has 0 radical (unpaired) electrons. The fraction of sp³-hybridized carbons (Fsp3) is 0.160. The van der Waals surface area contributed by atoms with E-state index < -0.39 is 26.0 Å². The smallest absolute Gasteiger partial charge is 0.263 e. The number of benzene rings is 3. The van der Waals surface area contributed by atoms with Crippen molar-refractivity contribution >= 4 is 60.5 Å². The molecule has 1 amide bonds. The average molecular weight is 638 g/mol. The normalized spacial score (nSPS) is 14.5. The van der Waals surface area contributed by atoms with Crippen LogP contribution in [0.3, 0.4) is 0 Å². The molecule has 0 atom stereocenters. The molecule has 1 aliphatic heterocycles. The second-order valence-corrected chi connectivity index (χ2v) is 13.1. The van der Waals surface area contributed by atoms with E-state index in [0.29, 0.717) is 5.69 Å². The molecular formula is C25H22Cl2N6O6S2. The molecule has 0 spiro atoms. The summed E-state index contributed by atoms with van der Waals surface area (Å²) in [6.07, 6.45) is 2.67. The fourth-order valence-electron chi connectivity index (χ4n) is 4.03. The standard InChI is InChI=1S/C25H22Cl2N6O6S2/c26-19-3-1-2-4-21(19)31-40(35,36)24-13-17(5-7-20(24)27)25(34)30-22-14-18(6-8-23(22)33-16-28-15-29-33)41(37,38)32-9-11-39-12-10-32/h1-8,13-16,31H,9-12H2,(H,30,34). The second-order valence-electron chi connectivity index (χ2n) is 8.72. The highest BCUT2D eigenvalue weighted by Gasteiger charge is 2.28. The molecule has 0 aliphatic carbocycles. The van der Waals surface area contributed by atoms with Gasteiger partial charge in [0.15, 0.2) is 0 Å². The van der Waals surface area contributed by atoms with Crippen molar-refractivity contribution < 1.29 is 26.4 Å². The lowest BCUT2D eigenvalue weighted by Gasteiger charge is -2.26. The summed E-state index contributed by atoms with van der Waals surface area (Å²) in [4.78, 5) is 16.9. The van der Waals surface area contributed by atoms with Gasteiger partial charge < -0.3 is 10.1 Å². The third-order valence-corrected chi connectivity index (χ3v) is 10.2. The molecule has 2 N–H and O–H groups in total. The van der Waals surface area contributed by atoms with Crippen LogP contribution < -0.4 is 10.0 Å². The maximum absolute atomic E-state index is 13.4. The van der Waals surface area contributed by atoms with Gasteiger partial charge in [0.2, 0.25) is 10.0 Å². The Hall–Kier alpha value is -3.53. The fourth-order valence-corrected chi connectivity index (χ4v) is 7.31. The van der Waals surface area contributed by atoms with Gasteiger partial charge in [-0.1, -0.05) is 35.3 Å². The number of anilines is 2. The van der Waals surface area contributed by atoms with Crippen molar-refractivity contribution in [2.45, 2.75) is 9.79 Å². The molecule has 41 heavy (non-hydrogen) atoms. The Kier molecular flexibility index (Phi) is 8.31. The number of hydrogen-bond acceptors (Lipinski definition) is 8.